The first-order valence-electron chi connectivity index (χ1n) is 6.82. The van der Waals surface area contributed by atoms with Crippen LogP contribution < -0.4 is 5.32 Å². The van der Waals surface area contributed by atoms with Crippen LogP contribution in [0.15, 0.2) is 0 Å². The number of aliphatic hydroxyl groups is 1. The van der Waals surface area contributed by atoms with Gasteiger partial charge < -0.3 is 15.5 Å². The maximum atomic E-state index is 11.3. The lowest BCUT2D eigenvalue weighted by atomic mass is 9.73. The van der Waals surface area contributed by atoms with Crippen LogP contribution in [0, 0.1) is 5.41 Å². The summed E-state index contributed by atoms with van der Waals surface area (Å²) in [7, 11) is 0. The van der Waals surface area contributed by atoms with Gasteiger partial charge in [-0.05, 0) is 40.5 Å². The molecule has 0 aromatic rings. The van der Waals surface area contributed by atoms with Crippen LogP contribution in [0.3, 0.4) is 0 Å². The highest BCUT2D eigenvalue weighted by atomic mass is 16.4. The zero-order valence-corrected chi connectivity index (χ0v) is 12.0. The van der Waals surface area contributed by atoms with Gasteiger partial charge in [0, 0.05) is 12.1 Å². The summed E-state index contributed by atoms with van der Waals surface area (Å²) in [5.74, 6) is -0.823. The smallest absolute Gasteiger partial charge is 0.310 e. The summed E-state index contributed by atoms with van der Waals surface area (Å²) in [6.45, 7) is 7.66. The van der Waals surface area contributed by atoms with E-state index in [0.29, 0.717) is 6.54 Å². The highest BCUT2D eigenvalue weighted by Gasteiger charge is 2.44. The SMILES string of the molecule is CC(C)(NCC1(O)CCCCC1)C(C)(C)C(=O)O. The number of β-amino-alcohol motifs (C(OH)–C–C–N with tert-alkyl or cyclic N) is 1. The van der Waals surface area contributed by atoms with Gasteiger partial charge in [-0.2, -0.15) is 0 Å². The van der Waals surface area contributed by atoms with Gasteiger partial charge >= 0.3 is 5.97 Å². The molecule has 0 heterocycles. The number of nitrogens with one attached hydrogen (secondary N) is 1. The number of hydrogen-bond donors (Lipinski definition) is 3. The number of carboxylic acid groups (broad SMARTS) is 1. The second-order valence-corrected chi connectivity index (χ2v) is 6.69. The average Bonchev–Trinajstić information content (AvgIpc) is 2.27. The molecule has 18 heavy (non-hydrogen) atoms. The molecule has 0 unspecified atom stereocenters. The fraction of sp³-hybridized carbons (Fsp3) is 0.929. The number of carboxylic acids is 1. The predicted molar refractivity (Wildman–Crippen MR) is 71.5 cm³/mol. The largest absolute Gasteiger partial charge is 0.481 e. The molecule has 1 saturated carbocycles. The third-order valence-corrected chi connectivity index (χ3v) is 4.74. The van der Waals surface area contributed by atoms with Gasteiger partial charge in [0.25, 0.3) is 0 Å². The molecule has 106 valence electrons. The van der Waals surface area contributed by atoms with Crippen molar-refractivity contribution in [3.8, 4) is 0 Å². The lowest BCUT2D eigenvalue weighted by Crippen LogP contribution is -2.58. The van der Waals surface area contributed by atoms with Gasteiger partial charge in [-0.3, -0.25) is 4.79 Å². The van der Waals surface area contributed by atoms with E-state index in [0.717, 1.165) is 25.7 Å². The molecule has 3 N–H and O–H groups in total. The minimum absolute atomic E-state index is 0.469. The van der Waals surface area contributed by atoms with E-state index in [4.69, 9.17) is 0 Å². The molecule has 1 fully saturated rings. The van der Waals surface area contributed by atoms with Gasteiger partial charge in [0.05, 0.1) is 11.0 Å². The van der Waals surface area contributed by atoms with Gasteiger partial charge in [0.15, 0.2) is 0 Å². The monoisotopic (exact) mass is 257 g/mol. The van der Waals surface area contributed by atoms with Gasteiger partial charge in [0.1, 0.15) is 0 Å². The zero-order valence-electron chi connectivity index (χ0n) is 12.0. The third kappa shape index (κ3) is 3.23. The first-order valence-corrected chi connectivity index (χ1v) is 6.82. The molecule has 0 atom stereocenters. The Bertz CT molecular complexity index is 304. The molecular weight excluding hydrogens is 230 g/mol. The summed E-state index contributed by atoms with van der Waals surface area (Å²) >= 11 is 0. The molecule has 1 rings (SSSR count). The Labute approximate surface area is 110 Å². The third-order valence-electron chi connectivity index (χ3n) is 4.74. The molecule has 1 aliphatic rings. The van der Waals surface area contributed by atoms with Crippen LogP contribution in [-0.2, 0) is 4.79 Å². The molecule has 0 aromatic carbocycles. The molecule has 0 bridgehead atoms. The van der Waals surface area contributed by atoms with Crippen molar-refractivity contribution >= 4 is 5.97 Å². The Morgan fingerprint density at radius 3 is 2.11 bits per heavy atom. The van der Waals surface area contributed by atoms with Gasteiger partial charge in [-0.25, -0.2) is 0 Å². The standard InChI is InChI=1S/C14H27NO3/c1-12(2,11(16)17)13(3,4)15-10-14(18)8-6-5-7-9-14/h15,18H,5-10H2,1-4H3,(H,16,17). The molecule has 0 amide bonds. The van der Waals surface area contributed by atoms with Crippen molar-refractivity contribution in [1.82, 2.24) is 5.32 Å². The van der Waals surface area contributed by atoms with Crippen LogP contribution in [0.25, 0.3) is 0 Å². The van der Waals surface area contributed by atoms with Gasteiger partial charge in [-0.15, -0.1) is 0 Å². The molecule has 0 radical (unpaired) electrons. The van der Waals surface area contributed by atoms with E-state index in [1.54, 1.807) is 13.8 Å². The Morgan fingerprint density at radius 1 is 1.17 bits per heavy atom. The summed E-state index contributed by atoms with van der Waals surface area (Å²) in [6, 6.07) is 0. The molecule has 4 heteroatoms. The highest BCUT2D eigenvalue weighted by molar-refractivity contribution is 5.75. The van der Waals surface area contributed by atoms with E-state index in [2.05, 4.69) is 5.32 Å². The van der Waals surface area contributed by atoms with Crippen molar-refractivity contribution in [3.05, 3.63) is 0 Å². The number of hydrogen-bond acceptors (Lipinski definition) is 3. The lowest BCUT2D eigenvalue weighted by molar-refractivity contribution is -0.151. The van der Waals surface area contributed by atoms with Crippen LogP contribution in [0.5, 0.6) is 0 Å². The van der Waals surface area contributed by atoms with Crippen molar-refractivity contribution in [2.45, 2.75) is 70.9 Å². The van der Waals surface area contributed by atoms with E-state index in [1.165, 1.54) is 6.42 Å². The van der Waals surface area contributed by atoms with E-state index < -0.39 is 22.5 Å². The quantitative estimate of drug-likeness (QED) is 0.706. The minimum atomic E-state index is -0.877. The van der Waals surface area contributed by atoms with E-state index in [1.807, 2.05) is 13.8 Å². The summed E-state index contributed by atoms with van der Waals surface area (Å²) in [5.41, 5.74) is -2.10. The van der Waals surface area contributed by atoms with Gasteiger partial charge in [0.2, 0.25) is 0 Å². The van der Waals surface area contributed by atoms with Gasteiger partial charge in [-0.1, -0.05) is 19.3 Å². The Hall–Kier alpha value is -0.610. The Balaban J connectivity index is 2.63. The average molecular weight is 257 g/mol. The highest BCUT2D eigenvalue weighted by Crippen LogP contribution is 2.33. The minimum Gasteiger partial charge on any atom is -0.481 e. The molecule has 0 aromatic heterocycles. The summed E-state index contributed by atoms with van der Waals surface area (Å²) in [4.78, 5) is 11.3. The summed E-state index contributed by atoms with van der Waals surface area (Å²) < 4.78 is 0. The van der Waals surface area contributed by atoms with Crippen molar-refractivity contribution in [3.63, 3.8) is 0 Å². The summed E-state index contributed by atoms with van der Waals surface area (Å²) in [6.07, 6.45) is 4.92. The molecule has 1 aliphatic carbocycles. The van der Waals surface area contributed by atoms with Crippen LogP contribution in [-0.4, -0.2) is 33.9 Å². The lowest BCUT2D eigenvalue weighted by Gasteiger charge is -2.42. The first-order chi connectivity index (χ1) is 8.11. The van der Waals surface area contributed by atoms with Crippen LogP contribution in [0.4, 0.5) is 0 Å². The normalized spacial score (nSPS) is 20.7. The maximum absolute atomic E-state index is 11.3. The maximum Gasteiger partial charge on any atom is 0.310 e. The summed E-state index contributed by atoms with van der Waals surface area (Å²) in [5, 5.41) is 23.0. The number of carbonyl (C=O) groups is 1. The van der Waals surface area contributed by atoms with E-state index in [9.17, 15) is 15.0 Å². The predicted octanol–water partition coefficient (Wildman–Crippen LogP) is 2.16. The van der Waals surface area contributed by atoms with E-state index >= 15 is 0 Å². The molecule has 0 spiro atoms. The Morgan fingerprint density at radius 2 is 1.67 bits per heavy atom. The number of rotatable bonds is 5. The van der Waals surface area contributed by atoms with Crippen molar-refractivity contribution in [2.24, 2.45) is 5.41 Å². The first kappa shape index (κ1) is 15.4. The fourth-order valence-corrected chi connectivity index (χ4v) is 2.26. The topological polar surface area (TPSA) is 69.6 Å². The zero-order chi connectivity index (χ0) is 14.0. The van der Waals surface area contributed by atoms with Crippen molar-refractivity contribution in [1.29, 1.82) is 0 Å². The van der Waals surface area contributed by atoms with Crippen molar-refractivity contribution in [2.75, 3.05) is 6.54 Å². The van der Waals surface area contributed by atoms with Crippen LogP contribution in [0.1, 0.15) is 59.8 Å². The second kappa shape index (κ2) is 5.17. The van der Waals surface area contributed by atoms with E-state index in [-0.39, 0.29) is 0 Å². The molecule has 4 nitrogen and oxygen atoms in total. The van der Waals surface area contributed by atoms with Crippen LogP contribution in [0.2, 0.25) is 0 Å². The van der Waals surface area contributed by atoms with Crippen molar-refractivity contribution < 1.29 is 15.0 Å². The molecule has 0 saturated heterocycles. The molecule has 0 aliphatic heterocycles. The second-order valence-electron chi connectivity index (χ2n) is 6.69. The Kier molecular flexibility index (Phi) is 4.44. The number of aliphatic carboxylic acids is 1. The fourth-order valence-electron chi connectivity index (χ4n) is 2.26. The van der Waals surface area contributed by atoms with Crippen LogP contribution >= 0.6 is 0 Å². The molecular formula is C14H27NO3.